The van der Waals surface area contributed by atoms with E-state index in [4.69, 9.17) is 0 Å². The molecule has 0 aliphatic rings. The third-order valence-electron chi connectivity index (χ3n) is 3.65. The van der Waals surface area contributed by atoms with Gasteiger partial charge in [-0.1, -0.05) is 0 Å². The maximum atomic E-state index is 2.33. The second-order valence-corrected chi connectivity index (χ2v) is 12.6. The van der Waals surface area contributed by atoms with Crippen molar-refractivity contribution in [3.05, 3.63) is 0 Å². The van der Waals surface area contributed by atoms with Crippen molar-refractivity contribution in [1.82, 2.24) is 0 Å². The van der Waals surface area contributed by atoms with Crippen LogP contribution in [-0.2, 0) is 0 Å². The van der Waals surface area contributed by atoms with Crippen LogP contribution in [0.3, 0.4) is 0 Å². The number of hydrogen-bond donors (Lipinski definition) is 0. The van der Waals surface area contributed by atoms with Crippen molar-refractivity contribution in [2.75, 3.05) is 0 Å². The molecule has 98 valence electrons. The van der Waals surface area contributed by atoms with Gasteiger partial charge in [-0.15, -0.1) is 0 Å². The second kappa shape index (κ2) is 13.6. The predicted molar refractivity (Wildman–Crippen MR) is 80.1 cm³/mol. The van der Waals surface area contributed by atoms with E-state index in [-0.39, 0.29) is 0 Å². The molecular weight excluding hydrogens is 253 g/mol. The number of unbranched alkanes of at least 4 members (excludes halogenated alkanes) is 6. The molecule has 0 heterocycles. The Bertz CT molecular complexity index is 98.8. The maximum absolute atomic E-state index is 2.33. The van der Waals surface area contributed by atoms with Crippen molar-refractivity contribution in [1.29, 1.82) is 0 Å². The molecule has 0 spiro atoms. The van der Waals surface area contributed by atoms with Crippen LogP contribution in [0.15, 0.2) is 0 Å². The van der Waals surface area contributed by atoms with Crippen LogP contribution in [-0.4, -0.2) is 14.3 Å². The van der Waals surface area contributed by atoms with Crippen LogP contribution in [0.5, 0.6) is 0 Å². The quantitative estimate of drug-likeness (QED) is 0.315. The zero-order valence-corrected chi connectivity index (χ0v) is 14.5. The van der Waals surface area contributed by atoms with E-state index in [2.05, 4.69) is 20.8 Å². The van der Waals surface area contributed by atoms with Crippen LogP contribution in [0.2, 0.25) is 15.8 Å². The molecule has 0 fully saturated rings. The molecule has 0 aliphatic carbocycles. The molecule has 0 radical (unpaired) electrons. The molecule has 0 N–H and O–H groups in total. The molecule has 0 unspecified atom stereocenters. The van der Waals surface area contributed by atoms with Crippen molar-refractivity contribution in [2.45, 2.75) is 94.3 Å². The van der Waals surface area contributed by atoms with Crippen LogP contribution in [0.25, 0.3) is 0 Å². The molecule has 0 amide bonds. The summed E-state index contributed by atoms with van der Waals surface area (Å²) in [5.74, 6) is 0. The molecule has 0 rings (SSSR count). The van der Waals surface area contributed by atoms with Crippen molar-refractivity contribution in [2.24, 2.45) is 0 Å². The Hall–Kier alpha value is 0.543. The van der Waals surface area contributed by atoms with Gasteiger partial charge in [0.25, 0.3) is 0 Å². The van der Waals surface area contributed by atoms with E-state index < -0.39 is 14.3 Å². The summed E-state index contributed by atoms with van der Waals surface area (Å²) in [5.41, 5.74) is 0. The Morgan fingerprint density at radius 3 is 1.06 bits per heavy atom. The van der Waals surface area contributed by atoms with Gasteiger partial charge in [0.1, 0.15) is 0 Å². The number of rotatable bonds is 12. The second-order valence-electron chi connectivity index (χ2n) is 5.35. The summed E-state index contributed by atoms with van der Waals surface area (Å²) in [5, 5.41) is 5.07. The number of hydrogen-bond acceptors (Lipinski definition) is 0. The topological polar surface area (TPSA) is 0 Å². The van der Waals surface area contributed by atoms with Crippen molar-refractivity contribution in [3.8, 4) is 0 Å². The van der Waals surface area contributed by atoms with Crippen LogP contribution in [0, 0.1) is 0 Å². The summed E-state index contributed by atoms with van der Waals surface area (Å²) in [7, 11) is 0. The molecule has 1 heteroatoms. The average molecular weight is 287 g/mol. The zero-order chi connectivity index (χ0) is 12.1. The van der Waals surface area contributed by atoms with Gasteiger partial charge in [-0.3, -0.25) is 0 Å². The van der Waals surface area contributed by atoms with E-state index in [1.165, 1.54) is 38.5 Å². The fourth-order valence-corrected chi connectivity index (χ4v) is 9.75. The van der Waals surface area contributed by atoms with Crippen LogP contribution >= 0.6 is 0 Å². The van der Waals surface area contributed by atoms with Gasteiger partial charge in [0.2, 0.25) is 0 Å². The fraction of sp³-hybridized carbons (Fsp3) is 1.00. The summed E-state index contributed by atoms with van der Waals surface area (Å²) in [6, 6.07) is 0. The Kier molecular flexibility index (Phi) is 14.1. The summed E-state index contributed by atoms with van der Waals surface area (Å²) < 4.78 is 0. The molecule has 0 bridgehead atoms. The molecule has 0 aromatic carbocycles. The minimum absolute atomic E-state index is 0.810. The molecule has 0 aliphatic heterocycles. The predicted octanol–water partition coefficient (Wildman–Crippen LogP) is 5.78. The van der Waals surface area contributed by atoms with Crippen molar-refractivity contribution < 1.29 is 0 Å². The monoisotopic (exact) mass is 288 g/mol. The minimum atomic E-state index is -0.810. The Morgan fingerprint density at radius 1 is 0.500 bits per heavy atom. The SMILES string of the molecule is CCCC[CH2][GeH]([CH2]CCCC)[CH2]CCCC. The summed E-state index contributed by atoms with van der Waals surface area (Å²) in [6.07, 6.45) is 13.3. The molecule has 0 nitrogen and oxygen atoms in total. The molecular formula is C15H34Ge. The molecule has 0 saturated heterocycles. The van der Waals surface area contributed by atoms with Crippen LogP contribution in [0.4, 0.5) is 0 Å². The third kappa shape index (κ3) is 11.0. The van der Waals surface area contributed by atoms with Crippen molar-refractivity contribution >= 4 is 14.3 Å². The fourth-order valence-electron chi connectivity index (χ4n) is 2.48. The van der Waals surface area contributed by atoms with E-state index in [9.17, 15) is 0 Å². The summed E-state index contributed by atoms with van der Waals surface area (Å²) >= 11 is -0.810. The molecule has 16 heavy (non-hydrogen) atoms. The van der Waals surface area contributed by atoms with Crippen LogP contribution < -0.4 is 0 Å². The first-order chi connectivity index (χ1) is 7.85. The van der Waals surface area contributed by atoms with Gasteiger partial charge in [0, 0.05) is 0 Å². The Morgan fingerprint density at radius 2 is 0.812 bits per heavy atom. The van der Waals surface area contributed by atoms with Gasteiger partial charge in [0.05, 0.1) is 0 Å². The van der Waals surface area contributed by atoms with E-state index in [1.54, 1.807) is 35.0 Å². The average Bonchev–Trinajstić information content (AvgIpc) is 2.29. The van der Waals surface area contributed by atoms with Gasteiger partial charge in [-0.25, -0.2) is 0 Å². The van der Waals surface area contributed by atoms with E-state index in [0.717, 1.165) is 0 Å². The molecule has 0 aromatic heterocycles. The van der Waals surface area contributed by atoms with E-state index in [1.807, 2.05) is 0 Å². The Balaban J connectivity index is 3.58. The molecule has 0 saturated carbocycles. The first kappa shape index (κ1) is 16.5. The van der Waals surface area contributed by atoms with Crippen LogP contribution in [0.1, 0.15) is 78.6 Å². The Labute approximate surface area is 109 Å². The van der Waals surface area contributed by atoms with Gasteiger partial charge in [-0.05, 0) is 0 Å². The van der Waals surface area contributed by atoms with Crippen molar-refractivity contribution in [3.63, 3.8) is 0 Å². The van der Waals surface area contributed by atoms with Gasteiger partial charge in [0.15, 0.2) is 0 Å². The first-order valence-corrected chi connectivity index (χ1v) is 13.0. The summed E-state index contributed by atoms with van der Waals surface area (Å²) in [6.45, 7) is 6.99. The van der Waals surface area contributed by atoms with E-state index in [0.29, 0.717) is 0 Å². The first-order valence-electron chi connectivity index (χ1n) is 7.85. The molecule has 0 atom stereocenters. The summed E-state index contributed by atoms with van der Waals surface area (Å²) in [4.78, 5) is 0. The zero-order valence-electron chi connectivity index (χ0n) is 12.1. The normalized spacial score (nSPS) is 11.2. The van der Waals surface area contributed by atoms with Gasteiger partial charge in [-0.2, -0.15) is 0 Å². The van der Waals surface area contributed by atoms with Gasteiger partial charge < -0.3 is 0 Å². The third-order valence-corrected chi connectivity index (χ3v) is 11.4. The molecule has 0 aromatic rings. The van der Waals surface area contributed by atoms with Gasteiger partial charge >= 0.3 is 109 Å². The standard InChI is InChI=1S/C15H34Ge/c1-4-7-10-13-16(14-11-8-5-2)15-12-9-6-3/h16H,4-15H2,1-3H3. The van der Waals surface area contributed by atoms with E-state index >= 15 is 0 Å².